The third-order valence-electron chi connectivity index (χ3n) is 0.845. The van der Waals surface area contributed by atoms with Crippen molar-refractivity contribution in [2.45, 2.75) is 0 Å². The lowest BCUT2D eigenvalue weighted by atomic mass is 10.6. The molecule has 0 saturated carbocycles. The molecule has 1 radical (unpaired) electrons. The fourth-order valence-electron chi connectivity index (χ4n) is 0.462. The molecular formula is C5H5N4O. The molecule has 1 aromatic rings. The zero-order valence-corrected chi connectivity index (χ0v) is 5.11. The van der Waals surface area contributed by atoms with Gasteiger partial charge in [0, 0.05) is 6.07 Å². The Morgan fingerprint density at radius 3 is 3.20 bits per heavy atom. The van der Waals surface area contributed by atoms with Crippen molar-refractivity contribution in [1.82, 2.24) is 15.4 Å². The van der Waals surface area contributed by atoms with Crippen molar-refractivity contribution >= 4 is 12.1 Å². The maximum atomic E-state index is 9.73. The summed E-state index contributed by atoms with van der Waals surface area (Å²) in [6.07, 6.45) is 3.15. The molecule has 1 heterocycles. The Morgan fingerprint density at radius 1 is 1.70 bits per heavy atom. The van der Waals surface area contributed by atoms with Gasteiger partial charge in [-0.1, -0.05) is 0 Å². The summed E-state index contributed by atoms with van der Waals surface area (Å²) >= 11 is 0. The molecule has 0 unspecified atom stereocenters. The summed E-state index contributed by atoms with van der Waals surface area (Å²) in [7, 11) is 0. The van der Waals surface area contributed by atoms with E-state index in [-0.39, 0.29) is 6.54 Å². The van der Waals surface area contributed by atoms with Gasteiger partial charge in [-0.25, -0.2) is 0 Å². The monoisotopic (exact) mass is 137 g/mol. The number of hydrogen-bond acceptors (Lipinski definition) is 5. The van der Waals surface area contributed by atoms with Gasteiger partial charge in [0.1, 0.15) is 0 Å². The van der Waals surface area contributed by atoms with Crippen LogP contribution in [0.15, 0.2) is 12.3 Å². The van der Waals surface area contributed by atoms with E-state index in [1.54, 1.807) is 12.4 Å². The summed E-state index contributed by atoms with van der Waals surface area (Å²) < 4.78 is 0. The van der Waals surface area contributed by atoms with Crippen LogP contribution < -0.4 is 5.32 Å². The van der Waals surface area contributed by atoms with Gasteiger partial charge in [-0.3, -0.25) is 4.79 Å². The Morgan fingerprint density at radius 2 is 2.60 bits per heavy atom. The van der Waals surface area contributed by atoms with Crippen LogP contribution in [0.5, 0.6) is 0 Å². The molecule has 0 aliphatic rings. The van der Waals surface area contributed by atoms with E-state index in [2.05, 4.69) is 20.7 Å². The predicted molar refractivity (Wildman–Crippen MR) is 34.0 cm³/mol. The Hall–Kier alpha value is -1.52. The average molecular weight is 137 g/mol. The average Bonchev–Trinajstić information content (AvgIpc) is 2.03. The Balaban J connectivity index is 2.50. The molecule has 0 saturated heterocycles. The summed E-state index contributed by atoms with van der Waals surface area (Å²) in [5.74, 6) is 0.526. The molecule has 0 fully saturated rings. The van der Waals surface area contributed by atoms with E-state index in [9.17, 15) is 4.79 Å². The van der Waals surface area contributed by atoms with Gasteiger partial charge >= 0.3 is 0 Å². The van der Waals surface area contributed by atoms with Crippen LogP contribution in [0.2, 0.25) is 0 Å². The van der Waals surface area contributed by atoms with Crippen LogP contribution in [0.25, 0.3) is 0 Å². The van der Waals surface area contributed by atoms with Crippen molar-refractivity contribution in [2.75, 3.05) is 11.9 Å². The first kappa shape index (κ1) is 6.60. The van der Waals surface area contributed by atoms with Crippen LogP contribution in [0.3, 0.4) is 0 Å². The molecule has 0 aliphatic heterocycles. The minimum atomic E-state index is 0.124. The second-order valence-corrected chi connectivity index (χ2v) is 1.50. The van der Waals surface area contributed by atoms with Crippen LogP contribution in [-0.4, -0.2) is 28.2 Å². The normalized spacial score (nSPS) is 8.80. The third kappa shape index (κ3) is 1.77. The summed E-state index contributed by atoms with van der Waals surface area (Å²) in [5, 5.41) is 13.0. The maximum Gasteiger partial charge on any atom is 0.219 e. The minimum absolute atomic E-state index is 0.124. The van der Waals surface area contributed by atoms with Crippen molar-refractivity contribution in [2.24, 2.45) is 0 Å². The molecule has 1 rings (SSSR count). The van der Waals surface area contributed by atoms with E-state index in [4.69, 9.17) is 0 Å². The van der Waals surface area contributed by atoms with Gasteiger partial charge in [0.25, 0.3) is 0 Å². The summed E-state index contributed by atoms with van der Waals surface area (Å²) in [6, 6.07) is 1.62. The highest BCUT2D eigenvalue weighted by molar-refractivity contribution is 5.58. The van der Waals surface area contributed by atoms with Crippen molar-refractivity contribution < 1.29 is 4.79 Å². The highest BCUT2D eigenvalue weighted by Gasteiger charge is 1.88. The summed E-state index contributed by atoms with van der Waals surface area (Å²) in [4.78, 5) is 9.73. The maximum absolute atomic E-state index is 9.73. The van der Waals surface area contributed by atoms with Crippen molar-refractivity contribution in [3.63, 3.8) is 0 Å². The van der Waals surface area contributed by atoms with Crippen LogP contribution in [-0.2, 0) is 4.79 Å². The fourth-order valence-corrected chi connectivity index (χ4v) is 0.462. The number of hydrogen-bond donors (Lipinski definition) is 1. The molecule has 10 heavy (non-hydrogen) atoms. The van der Waals surface area contributed by atoms with Crippen LogP contribution in [0.1, 0.15) is 0 Å². The minimum Gasteiger partial charge on any atom is -0.361 e. The third-order valence-corrected chi connectivity index (χ3v) is 0.845. The van der Waals surface area contributed by atoms with Gasteiger partial charge in [0.05, 0.1) is 12.7 Å². The van der Waals surface area contributed by atoms with Crippen LogP contribution in [0.4, 0.5) is 5.82 Å². The first-order chi connectivity index (χ1) is 4.93. The molecule has 1 N–H and O–H groups in total. The molecule has 0 spiro atoms. The zero-order valence-electron chi connectivity index (χ0n) is 5.11. The molecule has 0 bridgehead atoms. The molecule has 0 atom stereocenters. The van der Waals surface area contributed by atoms with Gasteiger partial charge < -0.3 is 5.32 Å². The number of carbonyl (C=O) groups excluding carboxylic acids is 1. The fraction of sp³-hybridized carbons (Fsp3) is 0.200. The first-order valence-corrected chi connectivity index (χ1v) is 2.67. The molecule has 51 valence electrons. The van der Waals surface area contributed by atoms with Crippen molar-refractivity contribution in [3.05, 3.63) is 12.3 Å². The van der Waals surface area contributed by atoms with E-state index >= 15 is 0 Å². The van der Waals surface area contributed by atoms with Gasteiger partial charge in [0.2, 0.25) is 6.29 Å². The van der Waals surface area contributed by atoms with E-state index in [0.717, 1.165) is 0 Å². The number of rotatable bonds is 3. The van der Waals surface area contributed by atoms with E-state index < -0.39 is 0 Å². The Kier molecular flexibility index (Phi) is 2.31. The van der Waals surface area contributed by atoms with E-state index in [0.29, 0.717) is 5.82 Å². The SMILES string of the molecule is O=[C]CNc1ccnnn1. The summed E-state index contributed by atoms with van der Waals surface area (Å²) in [5.41, 5.74) is 0. The molecule has 5 heteroatoms. The topological polar surface area (TPSA) is 67.8 Å². The second kappa shape index (κ2) is 3.49. The van der Waals surface area contributed by atoms with Crippen molar-refractivity contribution in [3.8, 4) is 0 Å². The quantitative estimate of drug-likeness (QED) is 0.602. The molecule has 1 aromatic heterocycles. The molecule has 0 amide bonds. The van der Waals surface area contributed by atoms with Gasteiger partial charge in [-0.15, -0.1) is 10.2 Å². The molecule has 0 aromatic carbocycles. The standard InChI is InChI=1S/C5H5N4O/c10-4-3-6-5-1-2-7-9-8-5/h1-2H,3H2,(H,6,7,8). The van der Waals surface area contributed by atoms with Gasteiger partial charge in [-0.2, -0.15) is 0 Å². The molecular weight excluding hydrogens is 132 g/mol. The van der Waals surface area contributed by atoms with E-state index in [1.807, 2.05) is 0 Å². The van der Waals surface area contributed by atoms with E-state index in [1.165, 1.54) is 6.20 Å². The lowest BCUT2D eigenvalue weighted by Crippen LogP contribution is -2.04. The number of nitrogens with one attached hydrogen (secondary N) is 1. The number of nitrogens with zero attached hydrogens (tertiary/aromatic N) is 3. The molecule has 0 aliphatic carbocycles. The van der Waals surface area contributed by atoms with Gasteiger partial charge in [-0.05, 0) is 5.21 Å². The molecule has 5 nitrogen and oxygen atoms in total. The Labute approximate surface area is 57.5 Å². The van der Waals surface area contributed by atoms with Crippen molar-refractivity contribution in [1.29, 1.82) is 0 Å². The highest BCUT2D eigenvalue weighted by atomic mass is 16.1. The Bertz CT molecular complexity index is 200. The predicted octanol–water partition coefficient (Wildman–Crippen LogP) is -0.607. The smallest absolute Gasteiger partial charge is 0.219 e. The number of anilines is 1. The second-order valence-electron chi connectivity index (χ2n) is 1.50. The van der Waals surface area contributed by atoms with Crippen LogP contribution in [0, 0.1) is 0 Å². The summed E-state index contributed by atoms with van der Waals surface area (Å²) in [6.45, 7) is 0.124. The van der Waals surface area contributed by atoms with Gasteiger partial charge in [0.15, 0.2) is 5.82 Å². The first-order valence-electron chi connectivity index (χ1n) is 2.67. The lowest BCUT2D eigenvalue weighted by molar-refractivity contribution is 0.557. The number of aromatic nitrogens is 3. The largest absolute Gasteiger partial charge is 0.361 e. The highest BCUT2D eigenvalue weighted by Crippen LogP contribution is 1.92. The lowest BCUT2D eigenvalue weighted by Gasteiger charge is -1.94. The zero-order chi connectivity index (χ0) is 7.23. The van der Waals surface area contributed by atoms with Crippen LogP contribution >= 0.6 is 0 Å².